The van der Waals surface area contributed by atoms with Gasteiger partial charge in [-0.3, -0.25) is 0 Å². The first-order chi connectivity index (χ1) is 12.0. The Kier molecular flexibility index (Phi) is 5.42. The average Bonchev–Trinajstić information content (AvgIpc) is 2.64. The summed E-state index contributed by atoms with van der Waals surface area (Å²) in [6.45, 7) is 1.08. The van der Waals surface area contributed by atoms with Gasteiger partial charge in [0, 0.05) is 13.1 Å². The van der Waals surface area contributed by atoms with Gasteiger partial charge in [0.05, 0.1) is 15.5 Å². The van der Waals surface area contributed by atoms with Gasteiger partial charge in [-0.05, 0) is 49.2 Å². The number of halogens is 1. The third-order valence-electron chi connectivity index (χ3n) is 4.08. The standard InChI is InChI=1S/C18H18ClNO4S/c19-16-6-2-3-7-17(16)24-18(21)14-8-10-15(11-9-14)25(22,23)20-12-4-1-5-13-20/h2-3,6-11H,1,4-5,12-13H2. The third-order valence-corrected chi connectivity index (χ3v) is 6.31. The highest BCUT2D eigenvalue weighted by Crippen LogP contribution is 2.25. The lowest BCUT2D eigenvalue weighted by molar-refractivity contribution is 0.0734. The van der Waals surface area contributed by atoms with Crippen LogP contribution in [0.15, 0.2) is 53.4 Å². The topological polar surface area (TPSA) is 63.7 Å². The Morgan fingerprint density at radius 3 is 2.24 bits per heavy atom. The Morgan fingerprint density at radius 2 is 1.60 bits per heavy atom. The Balaban J connectivity index is 1.75. The number of para-hydroxylation sites is 1. The van der Waals surface area contributed by atoms with Crippen molar-refractivity contribution in [3.05, 3.63) is 59.1 Å². The quantitative estimate of drug-likeness (QED) is 0.599. The number of rotatable bonds is 4. The van der Waals surface area contributed by atoms with Gasteiger partial charge in [-0.15, -0.1) is 0 Å². The monoisotopic (exact) mass is 379 g/mol. The molecule has 7 heteroatoms. The fourth-order valence-electron chi connectivity index (χ4n) is 2.70. The Hall–Kier alpha value is -1.89. The molecular formula is C18H18ClNO4S. The van der Waals surface area contributed by atoms with Crippen LogP contribution in [-0.2, 0) is 10.0 Å². The summed E-state index contributed by atoms with van der Waals surface area (Å²) >= 11 is 5.96. The molecule has 1 heterocycles. The molecule has 0 saturated carbocycles. The highest BCUT2D eigenvalue weighted by Gasteiger charge is 2.26. The van der Waals surface area contributed by atoms with E-state index < -0.39 is 16.0 Å². The van der Waals surface area contributed by atoms with E-state index in [2.05, 4.69) is 0 Å². The van der Waals surface area contributed by atoms with Gasteiger partial charge >= 0.3 is 5.97 Å². The molecule has 0 spiro atoms. The van der Waals surface area contributed by atoms with Gasteiger partial charge in [0.2, 0.25) is 10.0 Å². The van der Waals surface area contributed by atoms with Crippen LogP contribution in [0.2, 0.25) is 5.02 Å². The van der Waals surface area contributed by atoms with Crippen LogP contribution in [0.25, 0.3) is 0 Å². The molecule has 25 heavy (non-hydrogen) atoms. The van der Waals surface area contributed by atoms with Crippen LogP contribution >= 0.6 is 11.6 Å². The van der Waals surface area contributed by atoms with Crippen molar-refractivity contribution in [1.29, 1.82) is 0 Å². The minimum Gasteiger partial charge on any atom is -0.421 e. The number of piperidine rings is 1. The molecule has 0 bridgehead atoms. The molecule has 1 aliphatic rings. The molecule has 1 fully saturated rings. The van der Waals surface area contributed by atoms with Crippen molar-refractivity contribution in [3.8, 4) is 5.75 Å². The van der Waals surface area contributed by atoms with Crippen LogP contribution < -0.4 is 4.74 Å². The first-order valence-electron chi connectivity index (χ1n) is 8.05. The molecule has 3 rings (SSSR count). The fourth-order valence-corrected chi connectivity index (χ4v) is 4.39. The molecule has 132 valence electrons. The lowest BCUT2D eigenvalue weighted by Crippen LogP contribution is -2.35. The van der Waals surface area contributed by atoms with Gasteiger partial charge in [0.15, 0.2) is 0 Å². The van der Waals surface area contributed by atoms with E-state index in [1.165, 1.54) is 28.6 Å². The van der Waals surface area contributed by atoms with Crippen molar-refractivity contribution < 1.29 is 17.9 Å². The zero-order valence-electron chi connectivity index (χ0n) is 13.5. The van der Waals surface area contributed by atoms with Crippen molar-refractivity contribution in [3.63, 3.8) is 0 Å². The Morgan fingerprint density at radius 1 is 0.960 bits per heavy atom. The molecule has 0 amide bonds. The zero-order valence-corrected chi connectivity index (χ0v) is 15.1. The molecule has 1 saturated heterocycles. The van der Waals surface area contributed by atoms with Gasteiger partial charge in [-0.25, -0.2) is 13.2 Å². The molecule has 0 atom stereocenters. The average molecular weight is 380 g/mol. The molecular weight excluding hydrogens is 362 g/mol. The summed E-state index contributed by atoms with van der Waals surface area (Å²) in [5.41, 5.74) is 0.262. The summed E-state index contributed by atoms with van der Waals surface area (Å²) in [5, 5.41) is 0.333. The number of nitrogens with zero attached hydrogens (tertiary/aromatic N) is 1. The van der Waals surface area contributed by atoms with Crippen LogP contribution in [-0.4, -0.2) is 31.8 Å². The maximum atomic E-state index is 12.6. The summed E-state index contributed by atoms with van der Waals surface area (Å²) in [5.74, 6) is -0.325. The number of benzene rings is 2. The predicted octanol–water partition coefficient (Wildman–Crippen LogP) is 3.73. The van der Waals surface area contributed by atoms with Gasteiger partial charge in [0.1, 0.15) is 5.75 Å². The first kappa shape index (κ1) is 17.9. The summed E-state index contributed by atoms with van der Waals surface area (Å²) in [4.78, 5) is 12.4. The van der Waals surface area contributed by atoms with E-state index in [9.17, 15) is 13.2 Å². The van der Waals surface area contributed by atoms with E-state index in [1.807, 2.05) is 0 Å². The van der Waals surface area contributed by atoms with Gasteiger partial charge in [-0.2, -0.15) is 4.31 Å². The smallest absolute Gasteiger partial charge is 0.343 e. The number of carbonyl (C=O) groups is 1. The summed E-state index contributed by atoms with van der Waals surface area (Å²) in [6, 6.07) is 12.4. The molecule has 2 aromatic carbocycles. The van der Waals surface area contributed by atoms with Crippen molar-refractivity contribution in [2.24, 2.45) is 0 Å². The first-order valence-corrected chi connectivity index (χ1v) is 9.87. The fraction of sp³-hybridized carbons (Fsp3) is 0.278. The second-order valence-electron chi connectivity index (χ2n) is 5.81. The zero-order chi connectivity index (χ0) is 17.9. The normalized spacial score (nSPS) is 15.7. The molecule has 0 N–H and O–H groups in total. The van der Waals surface area contributed by atoms with E-state index >= 15 is 0 Å². The second kappa shape index (κ2) is 7.56. The maximum Gasteiger partial charge on any atom is 0.343 e. The van der Waals surface area contributed by atoms with Crippen molar-refractivity contribution >= 4 is 27.6 Å². The van der Waals surface area contributed by atoms with E-state index in [0.29, 0.717) is 18.1 Å². The van der Waals surface area contributed by atoms with Gasteiger partial charge in [0.25, 0.3) is 0 Å². The number of ether oxygens (including phenoxy) is 1. The van der Waals surface area contributed by atoms with Crippen LogP contribution in [0.5, 0.6) is 5.75 Å². The van der Waals surface area contributed by atoms with E-state index in [1.54, 1.807) is 24.3 Å². The van der Waals surface area contributed by atoms with Crippen molar-refractivity contribution in [2.45, 2.75) is 24.2 Å². The number of hydrogen-bond donors (Lipinski definition) is 0. The molecule has 0 aliphatic carbocycles. The number of hydrogen-bond acceptors (Lipinski definition) is 4. The molecule has 5 nitrogen and oxygen atoms in total. The summed E-state index contributed by atoms with van der Waals surface area (Å²) in [7, 11) is -3.51. The van der Waals surface area contributed by atoms with Crippen LogP contribution in [0.4, 0.5) is 0 Å². The minimum absolute atomic E-state index is 0.184. The van der Waals surface area contributed by atoms with Gasteiger partial charge in [-0.1, -0.05) is 30.2 Å². The van der Waals surface area contributed by atoms with Crippen LogP contribution in [0.3, 0.4) is 0 Å². The SMILES string of the molecule is O=C(Oc1ccccc1Cl)c1ccc(S(=O)(=O)N2CCCCC2)cc1. The van der Waals surface area contributed by atoms with Crippen molar-refractivity contribution in [2.75, 3.05) is 13.1 Å². The molecule has 0 aromatic heterocycles. The van der Waals surface area contributed by atoms with Crippen LogP contribution in [0, 0.1) is 0 Å². The molecule has 0 radical (unpaired) electrons. The number of sulfonamides is 1. The van der Waals surface area contributed by atoms with E-state index in [4.69, 9.17) is 16.3 Å². The molecule has 2 aromatic rings. The highest BCUT2D eigenvalue weighted by atomic mass is 35.5. The summed E-state index contributed by atoms with van der Waals surface area (Å²) < 4.78 is 31.9. The van der Waals surface area contributed by atoms with E-state index in [-0.39, 0.29) is 16.2 Å². The predicted molar refractivity (Wildman–Crippen MR) is 95.5 cm³/mol. The summed E-state index contributed by atoms with van der Waals surface area (Å²) in [6.07, 6.45) is 2.81. The molecule has 1 aliphatic heterocycles. The lowest BCUT2D eigenvalue weighted by atomic mass is 10.2. The lowest BCUT2D eigenvalue weighted by Gasteiger charge is -2.25. The maximum absolute atomic E-state index is 12.6. The molecule has 0 unspecified atom stereocenters. The number of esters is 1. The largest absolute Gasteiger partial charge is 0.421 e. The van der Waals surface area contributed by atoms with Gasteiger partial charge < -0.3 is 4.74 Å². The Bertz CT molecular complexity index is 859. The third kappa shape index (κ3) is 4.03. The Labute approximate surface area is 152 Å². The van der Waals surface area contributed by atoms with Crippen molar-refractivity contribution in [1.82, 2.24) is 4.31 Å². The van der Waals surface area contributed by atoms with E-state index in [0.717, 1.165) is 19.3 Å². The number of carbonyl (C=O) groups excluding carboxylic acids is 1. The second-order valence-corrected chi connectivity index (χ2v) is 8.15. The minimum atomic E-state index is -3.51. The van der Waals surface area contributed by atoms with Crippen LogP contribution in [0.1, 0.15) is 29.6 Å². The highest BCUT2D eigenvalue weighted by molar-refractivity contribution is 7.89.